The zero-order valence-corrected chi connectivity index (χ0v) is 19.7. The molecule has 0 aromatic carbocycles. The van der Waals surface area contributed by atoms with E-state index in [1.54, 1.807) is 11.1 Å². The molecule has 0 aliphatic carbocycles. The Bertz CT molecular complexity index is 780. The van der Waals surface area contributed by atoms with Gasteiger partial charge in [0.1, 0.15) is 16.5 Å². The summed E-state index contributed by atoms with van der Waals surface area (Å²) in [5.41, 5.74) is -0.779. The van der Waals surface area contributed by atoms with Gasteiger partial charge in [-0.2, -0.15) is 0 Å². The summed E-state index contributed by atoms with van der Waals surface area (Å²) in [6.45, 7) is 15.3. The number of rotatable bonds is 4. The first-order chi connectivity index (χ1) is 13.8. The average molecular weight is 439 g/mol. The quantitative estimate of drug-likeness (QED) is 0.528. The number of carbonyl (C=O) groups excluding carboxylic acids is 1. The fraction of sp³-hybridized carbons (Fsp3) is 0.714. The minimum Gasteiger partial charge on any atom is -0.492 e. The second-order valence-corrected chi connectivity index (χ2v) is 10.4. The summed E-state index contributed by atoms with van der Waals surface area (Å²) >= 11 is 6.31. The lowest BCUT2D eigenvalue weighted by atomic mass is 9.80. The first-order valence-electron chi connectivity index (χ1n) is 10.4. The van der Waals surface area contributed by atoms with E-state index in [1.165, 1.54) is 0 Å². The van der Waals surface area contributed by atoms with Crippen molar-refractivity contribution in [2.24, 2.45) is 5.92 Å². The van der Waals surface area contributed by atoms with E-state index < -0.39 is 23.9 Å². The van der Waals surface area contributed by atoms with Gasteiger partial charge in [0.25, 0.3) is 0 Å². The highest BCUT2D eigenvalue weighted by Gasteiger charge is 2.52. The van der Waals surface area contributed by atoms with Crippen molar-refractivity contribution in [2.45, 2.75) is 71.7 Å². The topological polar surface area (TPSA) is 70.1 Å². The van der Waals surface area contributed by atoms with Crippen LogP contribution >= 0.6 is 11.6 Å². The number of halogens is 1. The maximum atomic E-state index is 12.2. The molecule has 0 N–H and O–H groups in total. The molecule has 0 unspecified atom stereocenters. The van der Waals surface area contributed by atoms with Crippen molar-refractivity contribution in [3.05, 3.63) is 17.4 Å². The van der Waals surface area contributed by atoms with Crippen LogP contribution in [0.2, 0.25) is 5.15 Å². The molecule has 2 aliphatic heterocycles. The van der Waals surface area contributed by atoms with Crippen LogP contribution < -0.4 is 10.2 Å². The van der Waals surface area contributed by atoms with Gasteiger partial charge in [0.05, 0.1) is 24.0 Å². The molecule has 3 heterocycles. The zero-order chi connectivity index (χ0) is 22.3. The highest BCUT2D eigenvalue weighted by atomic mass is 35.5. The molecule has 1 amide bonds. The Kier molecular flexibility index (Phi) is 6.34. The van der Waals surface area contributed by atoms with Crippen LogP contribution in [0, 0.1) is 5.92 Å². The molecule has 2 aliphatic rings. The number of hydrogen-bond donors (Lipinski definition) is 0. The number of amides is 1. The number of carbonyl (C=O) groups is 1. The monoisotopic (exact) mass is 438 g/mol. The number of hydrogen-bond acceptors (Lipinski definition) is 6. The van der Waals surface area contributed by atoms with Crippen molar-refractivity contribution < 1.29 is 23.6 Å². The second kappa shape index (κ2) is 8.21. The summed E-state index contributed by atoms with van der Waals surface area (Å²) in [7, 11) is -0.604. The predicted octanol–water partition coefficient (Wildman–Crippen LogP) is 3.67. The molecule has 30 heavy (non-hydrogen) atoms. The smallest absolute Gasteiger partial charge is 0.492 e. The Hall–Kier alpha value is -1.51. The number of pyridine rings is 1. The van der Waals surface area contributed by atoms with Gasteiger partial charge in [-0.15, -0.1) is 0 Å². The van der Waals surface area contributed by atoms with Crippen LogP contribution in [0.4, 0.5) is 4.79 Å². The summed E-state index contributed by atoms with van der Waals surface area (Å²) in [4.78, 5) is 18.2. The normalized spacial score (nSPS) is 23.0. The fourth-order valence-corrected chi connectivity index (χ4v) is 3.53. The van der Waals surface area contributed by atoms with Crippen molar-refractivity contribution >= 4 is 30.3 Å². The van der Waals surface area contributed by atoms with Gasteiger partial charge in [0.15, 0.2) is 0 Å². The standard InChI is InChI=1S/C21H32BClN2O5/c1-19(2,3)28-18(26)25-9-8-14(12-25)13-27-15-10-16(17(23)24-11-15)22-29-20(4,5)21(6,7)30-22/h10-11,14H,8-9,12-13H2,1-7H3/t14-/m0/s1. The van der Waals surface area contributed by atoms with E-state index in [1.807, 2.05) is 54.5 Å². The molecule has 0 bridgehead atoms. The van der Waals surface area contributed by atoms with Gasteiger partial charge < -0.3 is 23.7 Å². The first kappa shape index (κ1) is 23.2. The molecule has 166 valence electrons. The minimum atomic E-state index is -0.604. The SMILES string of the molecule is CC(C)(C)OC(=O)N1CC[C@H](COc2cnc(Cl)c(B3OC(C)(C)C(C)(C)O3)c2)C1. The second-order valence-electron chi connectivity index (χ2n) is 10.0. The van der Waals surface area contributed by atoms with Crippen LogP contribution in [0.3, 0.4) is 0 Å². The summed E-state index contributed by atoms with van der Waals surface area (Å²) in [6, 6.07) is 1.82. The molecule has 1 aromatic heterocycles. The number of aromatic nitrogens is 1. The Morgan fingerprint density at radius 1 is 1.30 bits per heavy atom. The Morgan fingerprint density at radius 3 is 2.53 bits per heavy atom. The van der Waals surface area contributed by atoms with Crippen molar-refractivity contribution in [1.82, 2.24) is 9.88 Å². The van der Waals surface area contributed by atoms with Crippen molar-refractivity contribution in [2.75, 3.05) is 19.7 Å². The van der Waals surface area contributed by atoms with E-state index in [-0.39, 0.29) is 12.0 Å². The van der Waals surface area contributed by atoms with Crippen molar-refractivity contribution in [3.8, 4) is 5.75 Å². The zero-order valence-electron chi connectivity index (χ0n) is 19.0. The average Bonchev–Trinajstić information content (AvgIpc) is 3.15. The van der Waals surface area contributed by atoms with E-state index in [9.17, 15) is 4.79 Å². The third-order valence-electron chi connectivity index (χ3n) is 5.77. The van der Waals surface area contributed by atoms with E-state index in [0.29, 0.717) is 36.1 Å². The van der Waals surface area contributed by atoms with E-state index in [0.717, 1.165) is 6.42 Å². The van der Waals surface area contributed by atoms with Gasteiger partial charge in [-0.3, -0.25) is 0 Å². The molecule has 7 nitrogen and oxygen atoms in total. The lowest BCUT2D eigenvalue weighted by Crippen LogP contribution is -2.41. The van der Waals surface area contributed by atoms with Gasteiger partial charge in [-0.05, 0) is 61.0 Å². The molecule has 2 saturated heterocycles. The molecule has 3 rings (SSSR count). The van der Waals surface area contributed by atoms with Crippen LogP contribution in [-0.2, 0) is 14.0 Å². The summed E-state index contributed by atoms with van der Waals surface area (Å²) < 4.78 is 23.6. The molecule has 2 fully saturated rings. The lowest BCUT2D eigenvalue weighted by molar-refractivity contribution is 0.00578. The van der Waals surface area contributed by atoms with Crippen molar-refractivity contribution in [1.29, 1.82) is 0 Å². The van der Waals surface area contributed by atoms with Crippen LogP contribution in [0.15, 0.2) is 12.3 Å². The lowest BCUT2D eigenvalue weighted by Gasteiger charge is -2.32. The molecule has 0 radical (unpaired) electrons. The van der Waals surface area contributed by atoms with Crippen LogP contribution in [0.1, 0.15) is 54.9 Å². The summed E-state index contributed by atoms with van der Waals surface area (Å²) in [5, 5.41) is 0.331. The van der Waals surface area contributed by atoms with Gasteiger partial charge in [-0.1, -0.05) is 11.6 Å². The summed E-state index contributed by atoms with van der Waals surface area (Å²) in [6.07, 6.45) is 2.18. The number of likely N-dealkylation sites (tertiary alicyclic amines) is 1. The molecule has 9 heteroatoms. The Morgan fingerprint density at radius 2 is 1.93 bits per heavy atom. The van der Waals surface area contributed by atoms with E-state index >= 15 is 0 Å². The van der Waals surface area contributed by atoms with Crippen molar-refractivity contribution in [3.63, 3.8) is 0 Å². The Labute approximate surface area is 184 Å². The maximum absolute atomic E-state index is 12.2. The molecular weight excluding hydrogens is 407 g/mol. The van der Waals surface area contributed by atoms with E-state index in [4.69, 9.17) is 30.4 Å². The third kappa shape index (κ3) is 5.21. The third-order valence-corrected chi connectivity index (χ3v) is 6.09. The molecule has 0 spiro atoms. The molecule has 1 aromatic rings. The van der Waals surface area contributed by atoms with Crippen LogP contribution in [0.5, 0.6) is 5.75 Å². The Balaban J connectivity index is 1.59. The minimum absolute atomic E-state index is 0.230. The van der Waals surface area contributed by atoms with Gasteiger partial charge >= 0.3 is 13.2 Å². The maximum Gasteiger partial charge on any atom is 0.498 e. The largest absolute Gasteiger partial charge is 0.498 e. The van der Waals surface area contributed by atoms with Crippen LogP contribution in [-0.4, -0.2) is 59.6 Å². The van der Waals surface area contributed by atoms with Gasteiger partial charge in [0, 0.05) is 24.5 Å². The highest BCUT2D eigenvalue weighted by Crippen LogP contribution is 2.37. The van der Waals surface area contributed by atoms with Gasteiger partial charge in [0.2, 0.25) is 0 Å². The van der Waals surface area contributed by atoms with Crippen LogP contribution in [0.25, 0.3) is 0 Å². The molecule has 0 saturated carbocycles. The first-order valence-corrected chi connectivity index (χ1v) is 10.8. The van der Waals surface area contributed by atoms with Gasteiger partial charge in [-0.25, -0.2) is 9.78 Å². The number of nitrogens with zero attached hydrogens (tertiary/aromatic N) is 2. The highest BCUT2D eigenvalue weighted by molar-refractivity contribution is 6.65. The predicted molar refractivity (Wildman–Crippen MR) is 116 cm³/mol. The van der Waals surface area contributed by atoms with E-state index in [2.05, 4.69) is 4.98 Å². The number of ether oxygens (including phenoxy) is 2. The summed E-state index contributed by atoms with van der Waals surface area (Å²) in [5.74, 6) is 0.827. The molecular formula is C21H32BClN2O5. The fourth-order valence-electron chi connectivity index (χ4n) is 3.33. The molecule has 1 atom stereocenters.